The zero-order valence-electron chi connectivity index (χ0n) is 10.5. The summed E-state index contributed by atoms with van der Waals surface area (Å²) < 4.78 is 5.31. The number of carbonyl (C=O) groups excluding carboxylic acids is 1. The van der Waals surface area contributed by atoms with E-state index in [1.165, 1.54) is 0 Å². The van der Waals surface area contributed by atoms with Crippen LogP contribution in [0.25, 0.3) is 0 Å². The van der Waals surface area contributed by atoms with Crippen molar-refractivity contribution in [2.24, 2.45) is 0 Å². The van der Waals surface area contributed by atoms with E-state index in [-0.39, 0.29) is 5.91 Å². The van der Waals surface area contributed by atoms with Gasteiger partial charge < -0.3 is 15.1 Å². The number of benzene rings is 1. The number of furan rings is 1. The lowest BCUT2D eigenvalue weighted by molar-refractivity contribution is 0.0752. The number of rotatable bonds is 3. The molecule has 0 aliphatic heterocycles. The molecule has 4 heteroatoms. The second-order valence-corrected chi connectivity index (χ2v) is 4.32. The highest BCUT2D eigenvalue weighted by Crippen LogP contribution is 2.13. The molecule has 1 amide bonds. The third-order valence-corrected chi connectivity index (χ3v) is 2.67. The second-order valence-electron chi connectivity index (χ2n) is 4.32. The van der Waals surface area contributed by atoms with E-state index in [0.717, 1.165) is 11.3 Å². The molecule has 0 atom stereocenters. The number of nitrogen functional groups attached to an aromatic ring is 1. The molecule has 0 aliphatic carbocycles. The molecular formula is C14H16N2O2. The summed E-state index contributed by atoms with van der Waals surface area (Å²) in [5.74, 6) is 0.958. The third-order valence-electron chi connectivity index (χ3n) is 2.67. The highest BCUT2D eigenvalue weighted by atomic mass is 16.3. The van der Waals surface area contributed by atoms with E-state index in [0.29, 0.717) is 18.0 Å². The molecule has 4 nitrogen and oxygen atoms in total. The van der Waals surface area contributed by atoms with Crippen molar-refractivity contribution in [2.45, 2.75) is 13.5 Å². The van der Waals surface area contributed by atoms with E-state index < -0.39 is 0 Å². The smallest absolute Gasteiger partial charge is 0.289 e. The quantitative estimate of drug-likeness (QED) is 0.844. The van der Waals surface area contributed by atoms with E-state index >= 15 is 0 Å². The molecule has 0 saturated carbocycles. The molecule has 2 N–H and O–H groups in total. The van der Waals surface area contributed by atoms with Gasteiger partial charge in [0.05, 0.1) is 0 Å². The molecule has 0 saturated heterocycles. The maximum absolute atomic E-state index is 12.0. The van der Waals surface area contributed by atoms with Gasteiger partial charge in [0, 0.05) is 19.3 Å². The lowest BCUT2D eigenvalue weighted by Crippen LogP contribution is -2.25. The van der Waals surface area contributed by atoms with Gasteiger partial charge in [0.1, 0.15) is 5.76 Å². The summed E-state index contributed by atoms with van der Waals surface area (Å²) in [5.41, 5.74) is 7.39. The predicted octanol–water partition coefficient (Wildman–Crippen LogP) is 2.44. The predicted molar refractivity (Wildman–Crippen MR) is 70.1 cm³/mol. The zero-order valence-corrected chi connectivity index (χ0v) is 10.5. The summed E-state index contributed by atoms with van der Waals surface area (Å²) in [5, 5.41) is 0. The molecule has 0 fully saturated rings. The van der Waals surface area contributed by atoms with Gasteiger partial charge in [0.2, 0.25) is 0 Å². The Hall–Kier alpha value is -2.23. The van der Waals surface area contributed by atoms with Crippen LogP contribution in [0.15, 0.2) is 40.8 Å². The fraction of sp³-hybridized carbons (Fsp3) is 0.214. The monoisotopic (exact) mass is 244 g/mol. The van der Waals surface area contributed by atoms with Crippen LogP contribution < -0.4 is 5.73 Å². The van der Waals surface area contributed by atoms with Crippen LogP contribution in [-0.4, -0.2) is 17.9 Å². The number of carbonyl (C=O) groups is 1. The number of hydrogen-bond donors (Lipinski definition) is 1. The Bertz CT molecular complexity index is 560. The van der Waals surface area contributed by atoms with Gasteiger partial charge in [-0.2, -0.15) is 0 Å². The lowest BCUT2D eigenvalue weighted by atomic mass is 10.2. The molecule has 94 valence electrons. The van der Waals surface area contributed by atoms with Gasteiger partial charge in [0.25, 0.3) is 5.91 Å². The van der Waals surface area contributed by atoms with Gasteiger partial charge in [-0.3, -0.25) is 4.79 Å². The molecule has 0 spiro atoms. The van der Waals surface area contributed by atoms with Crippen LogP contribution >= 0.6 is 0 Å². The minimum Gasteiger partial charge on any atom is -0.456 e. The molecule has 0 aliphatic rings. The normalized spacial score (nSPS) is 10.3. The molecule has 1 aromatic heterocycles. The van der Waals surface area contributed by atoms with Crippen LogP contribution in [0.4, 0.5) is 5.69 Å². The van der Waals surface area contributed by atoms with E-state index in [2.05, 4.69) is 0 Å². The zero-order chi connectivity index (χ0) is 13.1. The minimum atomic E-state index is -0.134. The Morgan fingerprint density at radius 2 is 2.11 bits per heavy atom. The number of aryl methyl sites for hydroxylation is 1. The van der Waals surface area contributed by atoms with Gasteiger partial charge in [-0.05, 0) is 36.8 Å². The Labute approximate surface area is 106 Å². The number of nitrogens with zero attached hydrogens (tertiary/aromatic N) is 1. The van der Waals surface area contributed by atoms with Crippen molar-refractivity contribution in [1.82, 2.24) is 4.90 Å². The molecule has 2 rings (SSSR count). The first-order valence-electron chi connectivity index (χ1n) is 5.72. The van der Waals surface area contributed by atoms with Gasteiger partial charge >= 0.3 is 0 Å². The average Bonchev–Trinajstić information content (AvgIpc) is 2.75. The van der Waals surface area contributed by atoms with Crippen molar-refractivity contribution in [3.8, 4) is 0 Å². The van der Waals surface area contributed by atoms with E-state index in [1.807, 2.05) is 31.2 Å². The molecule has 2 aromatic rings. The number of anilines is 1. The molecule has 0 bridgehead atoms. The largest absolute Gasteiger partial charge is 0.456 e. The summed E-state index contributed by atoms with van der Waals surface area (Å²) in [6.07, 6.45) is 0. The van der Waals surface area contributed by atoms with E-state index in [4.69, 9.17) is 10.2 Å². The maximum atomic E-state index is 12.0. The summed E-state index contributed by atoms with van der Waals surface area (Å²) in [7, 11) is 1.74. The van der Waals surface area contributed by atoms with E-state index in [9.17, 15) is 4.79 Å². The first-order valence-corrected chi connectivity index (χ1v) is 5.72. The second kappa shape index (κ2) is 4.96. The molecule has 18 heavy (non-hydrogen) atoms. The van der Waals surface area contributed by atoms with Crippen molar-refractivity contribution in [2.75, 3.05) is 12.8 Å². The van der Waals surface area contributed by atoms with Crippen molar-refractivity contribution >= 4 is 11.6 Å². The van der Waals surface area contributed by atoms with Crippen LogP contribution in [0.1, 0.15) is 21.9 Å². The van der Waals surface area contributed by atoms with E-state index in [1.54, 1.807) is 24.1 Å². The first kappa shape index (κ1) is 12.2. The first-order chi connectivity index (χ1) is 8.56. The SMILES string of the molecule is Cc1ccc(C(=O)N(C)Cc2cccc(N)c2)o1. The average molecular weight is 244 g/mol. The van der Waals surface area contributed by atoms with Gasteiger partial charge in [-0.15, -0.1) is 0 Å². The molecule has 1 aromatic carbocycles. The molecular weight excluding hydrogens is 228 g/mol. The van der Waals surface area contributed by atoms with Crippen molar-refractivity contribution in [1.29, 1.82) is 0 Å². The third kappa shape index (κ3) is 2.71. The number of nitrogens with two attached hydrogens (primary N) is 1. The Kier molecular flexibility index (Phi) is 3.37. The summed E-state index contributed by atoms with van der Waals surface area (Å²) in [6.45, 7) is 2.32. The van der Waals surface area contributed by atoms with Crippen molar-refractivity contribution in [3.05, 3.63) is 53.5 Å². The number of amides is 1. The van der Waals surface area contributed by atoms with Crippen LogP contribution in [0.2, 0.25) is 0 Å². The van der Waals surface area contributed by atoms with Crippen LogP contribution in [0.5, 0.6) is 0 Å². The summed E-state index contributed by atoms with van der Waals surface area (Å²) >= 11 is 0. The Morgan fingerprint density at radius 3 is 2.72 bits per heavy atom. The fourth-order valence-electron chi connectivity index (χ4n) is 1.77. The van der Waals surface area contributed by atoms with Gasteiger partial charge in [-0.1, -0.05) is 12.1 Å². The van der Waals surface area contributed by atoms with Gasteiger partial charge in [-0.25, -0.2) is 0 Å². The summed E-state index contributed by atoms with van der Waals surface area (Å²) in [4.78, 5) is 13.7. The Morgan fingerprint density at radius 1 is 1.33 bits per heavy atom. The van der Waals surface area contributed by atoms with Crippen LogP contribution in [0.3, 0.4) is 0 Å². The minimum absolute atomic E-state index is 0.134. The standard InChI is InChI=1S/C14H16N2O2/c1-10-6-7-13(18-10)14(17)16(2)9-11-4-3-5-12(15)8-11/h3-8H,9,15H2,1-2H3. The highest BCUT2D eigenvalue weighted by molar-refractivity contribution is 5.91. The van der Waals surface area contributed by atoms with Crippen LogP contribution in [0, 0.1) is 6.92 Å². The molecule has 0 radical (unpaired) electrons. The fourth-order valence-corrected chi connectivity index (χ4v) is 1.77. The molecule has 1 heterocycles. The van der Waals surface area contributed by atoms with Crippen molar-refractivity contribution < 1.29 is 9.21 Å². The lowest BCUT2D eigenvalue weighted by Gasteiger charge is -2.16. The number of hydrogen-bond acceptors (Lipinski definition) is 3. The maximum Gasteiger partial charge on any atom is 0.289 e. The van der Waals surface area contributed by atoms with Gasteiger partial charge in [0.15, 0.2) is 5.76 Å². The highest BCUT2D eigenvalue weighted by Gasteiger charge is 2.15. The van der Waals surface area contributed by atoms with Crippen LogP contribution in [-0.2, 0) is 6.54 Å². The van der Waals surface area contributed by atoms with Crippen molar-refractivity contribution in [3.63, 3.8) is 0 Å². The summed E-state index contributed by atoms with van der Waals surface area (Å²) in [6, 6.07) is 11.0. The Balaban J connectivity index is 2.08. The topological polar surface area (TPSA) is 59.5 Å². The molecule has 0 unspecified atom stereocenters.